The minimum absolute atomic E-state index is 0. The van der Waals surface area contributed by atoms with Crippen molar-refractivity contribution in [3.63, 3.8) is 0 Å². The number of halogens is 3. The Labute approximate surface area is 142 Å². The van der Waals surface area contributed by atoms with Gasteiger partial charge >= 0.3 is 0 Å². The predicted molar refractivity (Wildman–Crippen MR) is 90.2 cm³/mol. The molecular formula is C15H21Cl3N2O. The van der Waals surface area contributed by atoms with E-state index < -0.39 is 0 Å². The molecular weight excluding hydrogens is 331 g/mol. The molecule has 0 heterocycles. The van der Waals surface area contributed by atoms with E-state index in [1.807, 2.05) is 19.1 Å². The zero-order chi connectivity index (χ0) is 14.7. The molecule has 118 valence electrons. The van der Waals surface area contributed by atoms with E-state index in [0.29, 0.717) is 22.5 Å². The topological polar surface area (TPSA) is 55.1 Å². The van der Waals surface area contributed by atoms with Crippen LogP contribution in [0.5, 0.6) is 0 Å². The minimum Gasteiger partial charge on any atom is -0.349 e. The number of benzene rings is 1. The van der Waals surface area contributed by atoms with Gasteiger partial charge < -0.3 is 11.1 Å². The monoisotopic (exact) mass is 350 g/mol. The molecule has 0 radical (unpaired) electrons. The van der Waals surface area contributed by atoms with Crippen molar-refractivity contribution in [2.75, 3.05) is 6.54 Å². The third-order valence-corrected chi connectivity index (χ3v) is 4.94. The summed E-state index contributed by atoms with van der Waals surface area (Å²) in [5, 5.41) is 4.04. The summed E-state index contributed by atoms with van der Waals surface area (Å²) in [5.74, 6) is 0.402. The normalized spacial score (nSPS) is 22.5. The van der Waals surface area contributed by atoms with Crippen LogP contribution in [0.15, 0.2) is 18.2 Å². The maximum Gasteiger partial charge on any atom is 0.223 e. The van der Waals surface area contributed by atoms with Crippen molar-refractivity contribution in [2.24, 2.45) is 17.6 Å². The van der Waals surface area contributed by atoms with Gasteiger partial charge in [-0.3, -0.25) is 4.79 Å². The van der Waals surface area contributed by atoms with Gasteiger partial charge in [-0.15, -0.1) is 12.4 Å². The van der Waals surface area contributed by atoms with Crippen LogP contribution in [0, 0.1) is 11.8 Å². The molecule has 0 aliphatic heterocycles. The van der Waals surface area contributed by atoms with Gasteiger partial charge in [0.25, 0.3) is 0 Å². The van der Waals surface area contributed by atoms with Gasteiger partial charge in [0.15, 0.2) is 0 Å². The van der Waals surface area contributed by atoms with Crippen LogP contribution >= 0.6 is 35.6 Å². The number of carbonyl (C=O) groups is 1. The predicted octanol–water partition coefficient (Wildman–Crippen LogP) is 3.97. The number of hydrogen-bond donors (Lipinski definition) is 2. The highest BCUT2D eigenvalue weighted by molar-refractivity contribution is 6.42. The van der Waals surface area contributed by atoms with Crippen LogP contribution in [0.4, 0.5) is 0 Å². The van der Waals surface area contributed by atoms with E-state index in [1.165, 1.54) is 0 Å². The third-order valence-electron chi connectivity index (χ3n) is 4.11. The van der Waals surface area contributed by atoms with Gasteiger partial charge in [0, 0.05) is 5.92 Å². The molecule has 3 nitrogen and oxygen atoms in total. The molecule has 1 aromatic rings. The Morgan fingerprint density at radius 3 is 2.81 bits per heavy atom. The molecule has 0 aromatic heterocycles. The summed E-state index contributed by atoms with van der Waals surface area (Å²) >= 11 is 12.2. The molecule has 1 aromatic carbocycles. The Hall–Kier alpha value is -0.480. The van der Waals surface area contributed by atoms with E-state index in [0.717, 1.165) is 24.8 Å². The first kappa shape index (κ1) is 18.6. The van der Waals surface area contributed by atoms with E-state index in [2.05, 4.69) is 5.32 Å². The van der Waals surface area contributed by atoms with Crippen molar-refractivity contribution in [3.05, 3.63) is 33.8 Å². The summed E-state index contributed by atoms with van der Waals surface area (Å²) in [6.45, 7) is 2.49. The quantitative estimate of drug-likeness (QED) is 0.862. The highest BCUT2D eigenvalue weighted by atomic mass is 35.5. The molecule has 2 rings (SSSR count). The van der Waals surface area contributed by atoms with Crippen LogP contribution in [0.2, 0.25) is 10.0 Å². The number of hydrogen-bond acceptors (Lipinski definition) is 2. The molecule has 1 unspecified atom stereocenters. The second-order valence-electron chi connectivity index (χ2n) is 5.41. The number of nitrogens with two attached hydrogens (primary N) is 1. The molecule has 6 heteroatoms. The van der Waals surface area contributed by atoms with Crippen molar-refractivity contribution in [2.45, 2.75) is 32.2 Å². The minimum atomic E-state index is -0.160. The SMILES string of the molecule is CC(NC(=O)[C@@H]1CCC[C@@H]1CN)c1cccc(Cl)c1Cl.Cl. The fourth-order valence-electron chi connectivity index (χ4n) is 2.92. The molecule has 1 saturated carbocycles. The molecule has 1 amide bonds. The lowest BCUT2D eigenvalue weighted by Crippen LogP contribution is -2.36. The van der Waals surface area contributed by atoms with Gasteiger partial charge in [0.1, 0.15) is 0 Å². The average Bonchev–Trinajstić information content (AvgIpc) is 2.90. The molecule has 0 saturated heterocycles. The van der Waals surface area contributed by atoms with Crippen molar-refractivity contribution in [3.8, 4) is 0 Å². The van der Waals surface area contributed by atoms with E-state index in [9.17, 15) is 4.79 Å². The number of carbonyl (C=O) groups excluding carboxylic acids is 1. The molecule has 3 atom stereocenters. The smallest absolute Gasteiger partial charge is 0.223 e. The first-order chi connectivity index (χ1) is 9.54. The van der Waals surface area contributed by atoms with E-state index in [1.54, 1.807) is 6.07 Å². The molecule has 1 aliphatic carbocycles. The average molecular weight is 352 g/mol. The summed E-state index contributed by atoms with van der Waals surface area (Å²) in [7, 11) is 0. The van der Waals surface area contributed by atoms with Gasteiger partial charge in [-0.2, -0.15) is 0 Å². The molecule has 1 fully saturated rings. The van der Waals surface area contributed by atoms with Crippen LogP contribution < -0.4 is 11.1 Å². The molecule has 3 N–H and O–H groups in total. The largest absolute Gasteiger partial charge is 0.349 e. The molecule has 0 spiro atoms. The number of rotatable bonds is 4. The number of amides is 1. The first-order valence-corrected chi connectivity index (χ1v) is 7.74. The molecule has 1 aliphatic rings. The van der Waals surface area contributed by atoms with E-state index >= 15 is 0 Å². The lowest BCUT2D eigenvalue weighted by Gasteiger charge is -2.22. The van der Waals surface area contributed by atoms with Crippen molar-refractivity contribution in [1.29, 1.82) is 0 Å². The van der Waals surface area contributed by atoms with Crippen LogP contribution in [0.25, 0.3) is 0 Å². The number of nitrogens with one attached hydrogen (secondary N) is 1. The van der Waals surface area contributed by atoms with Crippen molar-refractivity contribution >= 4 is 41.5 Å². The third kappa shape index (κ3) is 4.26. The second kappa shape index (κ2) is 8.23. The lowest BCUT2D eigenvalue weighted by atomic mass is 9.94. The fourth-order valence-corrected chi connectivity index (χ4v) is 3.39. The summed E-state index contributed by atoms with van der Waals surface area (Å²) in [4.78, 5) is 12.4. The van der Waals surface area contributed by atoms with Gasteiger partial charge in [-0.25, -0.2) is 0 Å². The zero-order valence-electron chi connectivity index (χ0n) is 11.9. The standard InChI is InChI=1S/C15H20Cl2N2O.ClH/c1-9(11-5-3-7-13(16)14(11)17)19-15(20)12-6-2-4-10(12)8-18;/h3,5,7,9-10,12H,2,4,6,8,18H2,1H3,(H,19,20);1H/t9?,10-,12-;/m1./s1. The maximum absolute atomic E-state index is 12.4. The summed E-state index contributed by atoms with van der Waals surface area (Å²) in [6, 6.07) is 5.30. The van der Waals surface area contributed by atoms with Crippen LogP contribution in [-0.2, 0) is 4.79 Å². The Balaban J connectivity index is 0.00000220. The Morgan fingerprint density at radius 1 is 1.43 bits per heavy atom. The maximum atomic E-state index is 12.4. The Morgan fingerprint density at radius 2 is 2.14 bits per heavy atom. The van der Waals surface area contributed by atoms with Crippen LogP contribution in [-0.4, -0.2) is 12.5 Å². The highest BCUT2D eigenvalue weighted by Gasteiger charge is 2.32. The second-order valence-corrected chi connectivity index (χ2v) is 6.19. The van der Waals surface area contributed by atoms with Crippen LogP contribution in [0.1, 0.15) is 37.8 Å². The Kier molecular flexibility index (Phi) is 7.28. The molecule has 21 heavy (non-hydrogen) atoms. The fraction of sp³-hybridized carbons (Fsp3) is 0.533. The van der Waals surface area contributed by atoms with Gasteiger partial charge in [0.2, 0.25) is 5.91 Å². The Bertz CT molecular complexity index is 496. The van der Waals surface area contributed by atoms with Gasteiger partial charge in [0.05, 0.1) is 16.1 Å². The summed E-state index contributed by atoms with van der Waals surface area (Å²) in [6.07, 6.45) is 3.04. The summed E-state index contributed by atoms with van der Waals surface area (Å²) < 4.78 is 0. The lowest BCUT2D eigenvalue weighted by molar-refractivity contribution is -0.126. The van der Waals surface area contributed by atoms with Crippen molar-refractivity contribution in [1.82, 2.24) is 5.32 Å². The summed E-state index contributed by atoms with van der Waals surface area (Å²) in [5.41, 5.74) is 6.57. The first-order valence-electron chi connectivity index (χ1n) is 6.99. The highest BCUT2D eigenvalue weighted by Crippen LogP contribution is 2.33. The zero-order valence-corrected chi connectivity index (χ0v) is 14.3. The van der Waals surface area contributed by atoms with E-state index in [4.69, 9.17) is 28.9 Å². The van der Waals surface area contributed by atoms with E-state index in [-0.39, 0.29) is 30.3 Å². The van der Waals surface area contributed by atoms with Gasteiger partial charge in [-0.05, 0) is 43.9 Å². The van der Waals surface area contributed by atoms with Crippen molar-refractivity contribution < 1.29 is 4.79 Å². The molecule has 0 bridgehead atoms. The van der Waals surface area contributed by atoms with Gasteiger partial charge in [-0.1, -0.05) is 41.8 Å². The van der Waals surface area contributed by atoms with Crippen LogP contribution in [0.3, 0.4) is 0 Å².